The van der Waals surface area contributed by atoms with Crippen molar-refractivity contribution in [3.63, 3.8) is 0 Å². The standard InChI is InChI=1S/C6H8O7.C6H10O.C2H6O2/c7-3(8)1-6(13,5(11)12)2-4(9)10;1-3-5-7-6-4-2;3-1-2-4/h13H,1-2H2,(H,7,8)(H,9,10)(H,11,12);3-6H,1-2H3;3-4H,1-2H2. The maximum atomic E-state index is 10.3. The van der Waals surface area contributed by atoms with Crippen molar-refractivity contribution in [3.8, 4) is 0 Å². The Kier molecular flexibility index (Phi) is 18.7. The number of hydrogen-bond donors (Lipinski definition) is 6. The molecule has 0 spiro atoms. The molecule has 10 nitrogen and oxygen atoms in total. The van der Waals surface area contributed by atoms with E-state index < -0.39 is 36.4 Å². The van der Waals surface area contributed by atoms with Crippen LogP contribution >= 0.6 is 0 Å². The number of carboxylic acids is 3. The number of aliphatic hydroxyl groups is 3. The van der Waals surface area contributed by atoms with Crippen LogP contribution in [-0.4, -0.2) is 67.4 Å². The van der Waals surface area contributed by atoms with Crippen LogP contribution in [0.1, 0.15) is 26.7 Å². The third-order valence-corrected chi connectivity index (χ3v) is 1.81. The van der Waals surface area contributed by atoms with Gasteiger partial charge in [0.25, 0.3) is 0 Å². The Morgan fingerprint density at radius 1 is 0.875 bits per heavy atom. The summed E-state index contributed by atoms with van der Waals surface area (Å²) in [4.78, 5) is 30.5. The predicted octanol–water partition coefficient (Wildman–Crippen LogP) is -0.207. The van der Waals surface area contributed by atoms with Crippen LogP contribution in [-0.2, 0) is 19.1 Å². The van der Waals surface area contributed by atoms with E-state index in [0.29, 0.717) is 0 Å². The molecule has 6 N–H and O–H groups in total. The molecule has 0 aromatic heterocycles. The summed E-state index contributed by atoms with van der Waals surface area (Å²) >= 11 is 0. The van der Waals surface area contributed by atoms with E-state index in [4.69, 9.17) is 35.4 Å². The lowest BCUT2D eigenvalue weighted by atomic mass is 9.96. The molecule has 0 saturated heterocycles. The van der Waals surface area contributed by atoms with Crippen molar-refractivity contribution in [2.45, 2.75) is 32.3 Å². The zero-order chi connectivity index (χ0) is 19.6. The van der Waals surface area contributed by atoms with E-state index in [0.717, 1.165) is 0 Å². The second kappa shape index (κ2) is 16.9. The van der Waals surface area contributed by atoms with E-state index in [9.17, 15) is 14.4 Å². The molecule has 0 unspecified atom stereocenters. The molecule has 24 heavy (non-hydrogen) atoms. The Morgan fingerprint density at radius 2 is 1.21 bits per heavy atom. The van der Waals surface area contributed by atoms with Crippen LogP contribution in [0.2, 0.25) is 0 Å². The van der Waals surface area contributed by atoms with E-state index in [1.807, 2.05) is 26.0 Å². The summed E-state index contributed by atoms with van der Waals surface area (Å²) in [7, 11) is 0. The number of hydrogen-bond acceptors (Lipinski definition) is 7. The highest BCUT2D eigenvalue weighted by molar-refractivity contribution is 5.88. The monoisotopic (exact) mass is 352 g/mol. The quantitative estimate of drug-likeness (QED) is 0.320. The highest BCUT2D eigenvalue weighted by atomic mass is 16.5. The Balaban J connectivity index is -0.000000335. The predicted molar refractivity (Wildman–Crippen MR) is 82.0 cm³/mol. The number of rotatable bonds is 8. The fourth-order valence-corrected chi connectivity index (χ4v) is 0.917. The number of allylic oxidation sites excluding steroid dienone is 2. The first-order valence-corrected chi connectivity index (χ1v) is 6.60. The fourth-order valence-electron chi connectivity index (χ4n) is 0.917. The zero-order valence-corrected chi connectivity index (χ0v) is 13.5. The van der Waals surface area contributed by atoms with Crippen LogP contribution in [0, 0.1) is 0 Å². The summed E-state index contributed by atoms with van der Waals surface area (Å²) in [6, 6.07) is 0. The van der Waals surface area contributed by atoms with Gasteiger partial charge in [0.05, 0.1) is 38.6 Å². The SMILES string of the molecule is CC=COC=CC.O=C(O)CC(O)(CC(=O)O)C(=O)O.OCCO. The van der Waals surface area contributed by atoms with Gasteiger partial charge in [-0.05, 0) is 13.8 Å². The topological polar surface area (TPSA) is 182 Å². The van der Waals surface area contributed by atoms with E-state index in [1.54, 1.807) is 12.5 Å². The molecule has 0 atom stereocenters. The van der Waals surface area contributed by atoms with E-state index in [2.05, 4.69) is 0 Å². The second-order valence-electron chi connectivity index (χ2n) is 4.00. The van der Waals surface area contributed by atoms with Crippen molar-refractivity contribution in [3.05, 3.63) is 24.7 Å². The number of carbonyl (C=O) groups is 3. The Labute approximate surface area is 138 Å². The van der Waals surface area contributed by atoms with Crippen molar-refractivity contribution in [1.82, 2.24) is 0 Å². The number of aliphatic carboxylic acids is 3. The Morgan fingerprint density at radius 3 is 1.38 bits per heavy atom. The first-order valence-electron chi connectivity index (χ1n) is 6.60. The average molecular weight is 352 g/mol. The fraction of sp³-hybridized carbons (Fsp3) is 0.500. The van der Waals surface area contributed by atoms with Crippen LogP contribution in [0.15, 0.2) is 24.7 Å². The molecule has 0 fully saturated rings. The zero-order valence-electron chi connectivity index (χ0n) is 13.5. The van der Waals surface area contributed by atoms with Gasteiger partial charge in [-0.1, -0.05) is 12.2 Å². The van der Waals surface area contributed by atoms with E-state index in [1.165, 1.54) is 0 Å². The lowest BCUT2D eigenvalue weighted by Gasteiger charge is -2.18. The summed E-state index contributed by atoms with van der Waals surface area (Å²) < 4.78 is 4.77. The smallest absolute Gasteiger partial charge is 0.336 e. The lowest BCUT2D eigenvalue weighted by molar-refractivity contribution is -0.170. The minimum atomic E-state index is -2.74. The molecule has 10 heteroatoms. The van der Waals surface area contributed by atoms with Crippen molar-refractivity contribution in [2.24, 2.45) is 0 Å². The number of carboxylic acid groups (broad SMARTS) is 3. The molecule has 0 heterocycles. The van der Waals surface area contributed by atoms with Gasteiger partial charge in [-0.25, -0.2) is 4.79 Å². The summed E-state index contributed by atoms with van der Waals surface area (Å²) in [5, 5.41) is 49.1. The highest BCUT2D eigenvalue weighted by Crippen LogP contribution is 2.15. The molecule has 0 radical (unpaired) electrons. The molecule has 0 aromatic rings. The molecule has 140 valence electrons. The van der Waals surface area contributed by atoms with Gasteiger partial charge in [0.15, 0.2) is 5.60 Å². The van der Waals surface area contributed by atoms with Gasteiger partial charge in [-0.2, -0.15) is 0 Å². The van der Waals surface area contributed by atoms with Crippen LogP contribution in [0.25, 0.3) is 0 Å². The summed E-state index contributed by atoms with van der Waals surface area (Å²) in [5.41, 5.74) is -2.74. The van der Waals surface area contributed by atoms with Crippen molar-refractivity contribution in [2.75, 3.05) is 13.2 Å². The van der Waals surface area contributed by atoms with Gasteiger partial charge in [0.1, 0.15) is 0 Å². The molecular weight excluding hydrogens is 328 g/mol. The Hall–Kier alpha value is -2.43. The van der Waals surface area contributed by atoms with E-state index >= 15 is 0 Å². The first-order chi connectivity index (χ1) is 11.1. The van der Waals surface area contributed by atoms with Gasteiger partial charge in [0.2, 0.25) is 0 Å². The van der Waals surface area contributed by atoms with Crippen LogP contribution < -0.4 is 0 Å². The molecular formula is C14H24O10. The van der Waals surface area contributed by atoms with Gasteiger partial charge in [-0.15, -0.1) is 0 Å². The maximum Gasteiger partial charge on any atom is 0.336 e. The normalized spacial score (nSPS) is 10.4. The van der Waals surface area contributed by atoms with Crippen molar-refractivity contribution in [1.29, 1.82) is 0 Å². The molecule has 0 saturated carbocycles. The van der Waals surface area contributed by atoms with Gasteiger partial charge >= 0.3 is 17.9 Å². The Bertz CT molecular complexity index is 386. The van der Waals surface area contributed by atoms with Gasteiger partial charge in [0, 0.05) is 0 Å². The van der Waals surface area contributed by atoms with Gasteiger partial charge in [-0.3, -0.25) is 9.59 Å². The maximum absolute atomic E-state index is 10.3. The highest BCUT2D eigenvalue weighted by Gasteiger charge is 2.40. The molecule has 0 rings (SSSR count). The van der Waals surface area contributed by atoms with Gasteiger partial charge < -0.3 is 35.4 Å². The van der Waals surface area contributed by atoms with Crippen molar-refractivity contribution >= 4 is 17.9 Å². The minimum absolute atomic E-state index is 0.125. The molecule has 0 aliphatic heterocycles. The third-order valence-electron chi connectivity index (χ3n) is 1.81. The first kappa shape index (κ1) is 26.5. The lowest BCUT2D eigenvalue weighted by Crippen LogP contribution is -2.42. The summed E-state index contributed by atoms with van der Waals surface area (Å²) in [6.07, 6.45) is 4.63. The van der Waals surface area contributed by atoms with Crippen LogP contribution in [0.5, 0.6) is 0 Å². The largest absolute Gasteiger partial charge is 0.481 e. The molecule has 0 bridgehead atoms. The summed E-state index contributed by atoms with van der Waals surface area (Å²) in [6.45, 7) is 3.56. The molecule has 0 aromatic carbocycles. The van der Waals surface area contributed by atoms with Crippen LogP contribution in [0.4, 0.5) is 0 Å². The molecule has 0 aliphatic carbocycles. The van der Waals surface area contributed by atoms with Crippen molar-refractivity contribution < 1.29 is 49.8 Å². The number of ether oxygens (including phenoxy) is 1. The molecule has 0 amide bonds. The van der Waals surface area contributed by atoms with E-state index in [-0.39, 0.29) is 13.2 Å². The number of aliphatic hydroxyl groups excluding tert-OH is 2. The average Bonchev–Trinajstić information content (AvgIpc) is 2.47. The van der Waals surface area contributed by atoms with Crippen LogP contribution in [0.3, 0.4) is 0 Å². The third kappa shape index (κ3) is 19.6. The summed E-state index contributed by atoms with van der Waals surface area (Å²) in [5.74, 6) is -5.02. The molecule has 0 aliphatic rings. The minimum Gasteiger partial charge on any atom is -0.481 e. The second-order valence-corrected chi connectivity index (χ2v) is 4.00.